The fourth-order valence-corrected chi connectivity index (χ4v) is 5.76. The van der Waals surface area contributed by atoms with Crippen LogP contribution in [-0.2, 0) is 16.9 Å². The van der Waals surface area contributed by atoms with Crippen molar-refractivity contribution in [3.05, 3.63) is 83.0 Å². The summed E-state index contributed by atoms with van der Waals surface area (Å²) in [6, 6.07) is 21.1. The topological polar surface area (TPSA) is 53.9 Å². The summed E-state index contributed by atoms with van der Waals surface area (Å²) < 4.78 is 5.61. The van der Waals surface area contributed by atoms with Gasteiger partial charge in [-0.1, -0.05) is 60.7 Å². The van der Waals surface area contributed by atoms with Gasteiger partial charge >= 0.3 is 0 Å². The molecule has 6 nitrogen and oxygen atoms in total. The fourth-order valence-electron chi connectivity index (χ4n) is 4.78. The summed E-state index contributed by atoms with van der Waals surface area (Å²) in [7, 11) is 0. The van der Waals surface area contributed by atoms with Crippen molar-refractivity contribution < 1.29 is 4.74 Å². The molecule has 0 amide bonds. The molecule has 33 heavy (non-hydrogen) atoms. The van der Waals surface area contributed by atoms with Crippen LogP contribution >= 0.6 is 11.8 Å². The quantitative estimate of drug-likeness (QED) is 0.577. The monoisotopic (exact) mass is 457 g/mol. The second-order valence-corrected chi connectivity index (χ2v) is 9.67. The third-order valence-corrected chi connectivity index (χ3v) is 7.49. The van der Waals surface area contributed by atoms with Crippen LogP contribution < -0.4 is 9.91 Å². The normalized spacial score (nSPS) is 20.5. The molecule has 4 heterocycles. The van der Waals surface area contributed by atoms with Crippen molar-refractivity contribution in [3.63, 3.8) is 0 Å². The van der Waals surface area contributed by atoms with Gasteiger partial charge in [-0.3, -0.25) is 0 Å². The summed E-state index contributed by atoms with van der Waals surface area (Å²) in [5.74, 6) is 3.86. The Bertz CT molecular complexity index is 1150. The maximum atomic E-state index is 5.61. The second kappa shape index (κ2) is 9.15. The first kappa shape index (κ1) is 20.7. The fraction of sp³-hybridized carbons (Fsp3) is 0.346. The first-order valence-corrected chi connectivity index (χ1v) is 12.8. The lowest BCUT2D eigenvalue weighted by Crippen LogP contribution is -2.38. The smallest absolute Gasteiger partial charge is 0.249 e. The Morgan fingerprint density at radius 1 is 0.909 bits per heavy atom. The lowest BCUT2D eigenvalue weighted by molar-refractivity contribution is 0.122. The molecule has 0 saturated carbocycles. The molecule has 168 valence electrons. The van der Waals surface area contributed by atoms with Gasteiger partial charge in [-0.25, -0.2) is 9.99 Å². The zero-order chi connectivity index (χ0) is 22.0. The molecule has 0 radical (unpaired) electrons. The lowest BCUT2D eigenvalue weighted by Gasteiger charge is -2.32. The highest BCUT2D eigenvalue weighted by molar-refractivity contribution is 7.98. The van der Waals surface area contributed by atoms with Crippen molar-refractivity contribution in [2.75, 3.05) is 42.0 Å². The van der Waals surface area contributed by atoms with Crippen molar-refractivity contribution >= 4 is 29.2 Å². The van der Waals surface area contributed by atoms with E-state index in [-0.39, 0.29) is 6.04 Å². The zero-order valence-electron chi connectivity index (χ0n) is 18.6. The predicted molar refractivity (Wildman–Crippen MR) is 134 cm³/mol. The van der Waals surface area contributed by atoms with Crippen LogP contribution in [0.5, 0.6) is 0 Å². The molecule has 0 spiro atoms. The number of thioether (sulfide) groups is 1. The number of rotatable bonds is 4. The van der Waals surface area contributed by atoms with Crippen molar-refractivity contribution in [2.24, 2.45) is 5.10 Å². The standard InChI is InChI=1S/C26H27N5OS/c1-3-7-19(8-4-1)23-17-24(20-9-5-2-6-10-20)31(29-23)26-27-22-11-16-33-18-21(22)25(28-26)30-12-14-32-15-13-30/h1-10,24H,11-18H2. The number of fused-ring (bicyclic) bond motifs is 1. The number of benzene rings is 2. The van der Waals surface area contributed by atoms with Crippen LogP contribution in [0.3, 0.4) is 0 Å². The van der Waals surface area contributed by atoms with Gasteiger partial charge in [0.15, 0.2) is 0 Å². The van der Waals surface area contributed by atoms with Crippen molar-refractivity contribution in [2.45, 2.75) is 24.6 Å². The number of ether oxygens (including phenoxy) is 1. The molecule has 1 fully saturated rings. The van der Waals surface area contributed by atoms with Crippen LogP contribution in [0.1, 0.15) is 34.8 Å². The van der Waals surface area contributed by atoms with E-state index in [2.05, 4.69) is 64.5 Å². The number of aromatic nitrogens is 2. The predicted octanol–water partition coefficient (Wildman–Crippen LogP) is 4.46. The molecule has 0 bridgehead atoms. The second-order valence-electron chi connectivity index (χ2n) is 8.56. The summed E-state index contributed by atoms with van der Waals surface area (Å²) in [6.07, 6.45) is 1.81. The van der Waals surface area contributed by atoms with Crippen molar-refractivity contribution in [3.8, 4) is 0 Å². The molecule has 3 aliphatic heterocycles. The highest BCUT2D eigenvalue weighted by Crippen LogP contribution is 2.38. The van der Waals surface area contributed by atoms with E-state index in [1.165, 1.54) is 16.8 Å². The van der Waals surface area contributed by atoms with E-state index in [0.29, 0.717) is 5.95 Å². The molecule has 2 aromatic carbocycles. The number of nitrogens with zero attached hydrogens (tertiary/aromatic N) is 5. The van der Waals surface area contributed by atoms with Gasteiger partial charge in [-0.2, -0.15) is 21.8 Å². The molecule has 1 unspecified atom stereocenters. The number of morpholine rings is 1. The van der Waals surface area contributed by atoms with Gasteiger partial charge in [0.05, 0.1) is 30.7 Å². The van der Waals surface area contributed by atoms with E-state index in [4.69, 9.17) is 19.8 Å². The maximum absolute atomic E-state index is 5.61. The summed E-state index contributed by atoms with van der Waals surface area (Å²) in [5.41, 5.74) is 5.94. The Morgan fingerprint density at radius 2 is 1.67 bits per heavy atom. The maximum Gasteiger partial charge on any atom is 0.249 e. The molecule has 6 rings (SSSR count). The molecule has 3 aromatic rings. The highest BCUT2D eigenvalue weighted by Gasteiger charge is 2.33. The molecule has 0 N–H and O–H groups in total. The van der Waals surface area contributed by atoms with Crippen LogP contribution in [-0.4, -0.2) is 47.7 Å². The molecular weight excluding hydrogens is 430 g/mol. The van der Waals surface area contributed by atoms with Gasteiger partial charge in [0.1, 0.15) is 5.82 Å². The Balaban J connectivity index is 1.45. The van der Waals surface area contributed by atoms with E-state index in [9.17, 15) is 0 Å². The summed E-state index contributed by atoms with van der Waals surface area (Å²) in [4.78, 5) is 12.6. The van der Waals surface area contributed by atoms with Gasteiger partial charge < -0.3 is 9.64 Å². The largest absolute Gasteiger partial charge is 0.378 e. The first-order valence-electron chi connectivity index (χ1n) is 11.6. The average molecular weight is 458 g/mol. The molecule has 1 saturated heterocycles. The Morgan fingerprint density at radius 3 is 2.45 bits per heavy atom. The first-order chi connectivity index (χ1) is 16.4. The average Bonchev–Trinajstić information content (AvgIpc) is 3.35. The SMILES string of the molecule is c1ccc(C2=NN(c3nc4c(c(N5CCOCC5)n3)CSCC4)C(c3ccccc3)C2)cc1. The van der Waals surface area contributed by atoms with Crippen LogP contribution in [0.15, 0.2) is 65.8 Å². The minimum atomic E-state index is 0.0787. The third kappa shape index (κ3) is 4.11. The van der Waals surface area contributed by atoms with Crippen LogP contribution in [0.4, 0.5) is 11.8 Å². The number of aryl methyl sites for hydroxylation is 1. The molecule has 7 heteroatoms. The minimum absolute atomic E-state index is 0.0787. The minimum Gasteiger partial charge on any atom is -0.378 e. The van der Waals surface area contributed by atoms with Gasteiger partial charge in [-0.05, 0) is 23.3 Å². The van der Waals surface area contributed by atoms with E-state index in [1.807, 2.05) is 17.8 Å². The van der Waals surface area contributed by atoms with E-state index in [1.54, 1.807) is 0 Å². The van der Waals surface area contributed by atoms with Gasteiger partial charge in [0.25, 0.3) is 0 Å². The molecule has 3 aliphatic rings. The highest BCUT2D eigenvalue weighted by atomic mass is 32.2. The van der Waals surface area contributed by atoms with Gasteiger partial charge in [0.2, 0.25) is 5.95 Å². The van der Waals surface area contributed by atoms with E-state index < -0.39 is 0 Å². The summed E-state index contributed by atoms with van der Waals surface area (Å²) >= 11 is 1.97. The number of hydrazone groups is 1. The zero-order valence-corrected chi connectivity index (χ0v) is 19.4. The van der Waals surface area contributed by atoms with Crippen molar-refractivity contribution in [1.82, 2.24) is 9.97 Å². The molecule has 0 aliphatic carbocycles. The van der Waals surface area contributed by atoms with Crippen LogP contribution in [0, 0.1) is 0 Å². The number of hydrogen-bond donors (Lipinski definition) is 0. The molecule has 1 atom stereocenters. The van der Waals surface area contributed by atoms with Gasteiger partial charge in [0, 0.05) is 30.8 Å². The lowest BCUT2D eigenvalue weighted by atomic mass is 9.98. The molecule has 1 aromatic heterocycles. The van der Waals surface area contributed by atoms with Crippen LogP contribution in [0.25, 0.3) is 0 Å². The summed E-state index contributed by atoms with van der Waals surface area (Å²) in [6.45, 7) is 3.23. The Labute approximate surface area is 198 Å². The van der Waals surface area contributed by atoms with Crippen LogP contribution in [0.2, 0.25) is 0 Å². The number of hydrogen-bond acceptors (Lipinski definition) is 7. The Hall–Kier alpha value is -2.90. The van der Waals surface area contributed by atoms with Crippen molar-refractivity contribution in [1.29, 1.82) is 0 Å². The van der Waals surface area contributed by atoms with E-state index in [0.717, 1.165) is 67.7 Å². The Kier molecular flexibility index (Phi) is 5.74. The summed E-state index contributed by atoms with van der Waals surface area (Å²) in [5, 5.41) is 7.16. The van der Waals surface area contributed by atoms with E-state index >= 15 is 0 Å². The number of anilines is 2. The van der Waals surface area contributed by atoms with Gasteiger partial charge in [-0.15, -0.1) is 0 Å². The third-order valence-electron chi connectivity index (χ3n) is 6.51. The molecular formula is C26H27N5OS.